The number of carbonyl (C=O) groups excluding carboxylic acids is 3. The van der Waals surface area contributed by atoms with E-state index in [0.29, 0.717) is 23.4 Å². The standard InChI is InChI=1S/C20H22F3N3O4S/c21-20(22,23)18-12(11-28)9-26(25-18)10-16(30)24-19-17(14(29)6-3-4-8-27)13-5-1-2-7-15(13)31-19/h9,11,27H,1-8,10H2,(H,24,30). The van der Waals surface area contributed by atoms with Crippen LogP contribution in [0.5, 0.6) is 0 Å². The van der Waals surface area contributed by atoms with Gasteiger partial charge in [0.2, 0.25) is 5.91 Å². The molecule has 168 valence electrons. The highest BCUT2D eigenvalue weighted by atomic mass is 32.1. The minimum atomic E-state index is -4.81. The number of Topliss-reactive ketones (excluding diaryl/α,β-unsaturated/α-hetero) is 1. The SMILES string of the molecule is O=Cc1cn(CC(=O)Nc2sc3c(c2C(=O)CCCCO)CCCC3)nc1C(F)(F)F. The molecular formula is C20H22F3N3O4S. The molecule has 11 heteroatoms. The van der Waals surface area contributed by atoms with Crippen molar-refractivity contribution in [2.75, 3.05) is 11.9 Å². The number of nitrogens with one attached hydrogen (secondary N) is 1. The van der Waals surface area contributed by atoms with E-state index in [1.807, 2.05) is 0 Å². The van der Waals surface area contributed by atoms with E-state index in [1.165, 1.54) is 11.3 Å². The minimum Gasteiger partial charge on any atom is -0.396 e. The molecule has 2 aromatic rings. The van der Waals surface area contributed by atoms with Crippen LogP contribution in [-0.2, 0) is 30.4 Å². The molecule has 2 heterocycles. The highest BCUT2D eigenvalue weighted by molar-refractivity contribution is 7.17. The smallest absolute Gasteiger partial charge is 0.396 e. The van der Waals surface area contributed by atoms with Crippen LogP contribution < -0.4 is 5.32 Å². The van der Waals surface area contributed by atoms with Crippen LogP contribution >= 0.6 is 11.3 Å². The Morgan fingerprint density at radius 3 is 2.65 bits per heavy atom. The zero-order chi connectivity index (χ0) is 22.6. The average Bonchev–Trinajstić information content (AvgIpc) is 3.28. The van der Waals surface area contributed by atoms with Crippen molar-refractivity contribution in [2.24, 2.45) is 0 Å². The van der Waals surface area contributed by atoms with Gasteiger partial charge in [-0.3, -0.25) is 19.1 Å². The summed E-state index contributed by atoms with van der Waals surface area (Å²) >= 11 is 1.32. The van der Waals surface area contributed by atoms with E-state index < -0.39 is 29.9 Å². The summed E-state index contributed by atoms with van der Waals surface area (Å²) in [5.41, 5.74) is -0.591. The second-order valence-electron chi connectivity index (χ2n) is 7.31. The maximum Gasteiger partial charge on any atom is 0.435 e. The minimum absolute atomic E-state index is 0.00875. The number of hydrogen-bond acceptors (Lipinski definition) is 6. The molecule has 31 heavy (non-hydrogen) atoms. The second-order valence-corrected chi connectivity index (χ2v) is 8.42. The maximum atomic E-state index is 12.9. The fourth-order valence-corrected chi connectivity index (χ4v) is 4.93. The Balaban J connectivity index is 1.80. The first-order chi connectivity index (χ1) is 14.7. The molecule has 0 aromatic carbocycles. The van der Waals surface area contributed by atoms with E-state index >= 15 is 0 Å². The fourth-order valence-electron chi connectivity index (χ4n) is 3.61. The molecular weight excluding hydrogens is 435 g/mol. The van der Waals surface area contributed by atoms with Crippen LogP contribution in [0.1, 0.15) is 69.0 Å². The van der Waals surface area contributed by atoms with Gasteiger partial charge in [-0.1, -0.05) is 0 Å². The number of thiophene rings is 1. The van der Waals surface area contributed by atoms with Crippen LogP contribution in [-0.4, -0.2) is 39.5 Å². The van der Waals surface area contributed by atoms with Crippen molar-refractivity contribution in [3.8, 4) is 0 Å². The fraction of sp³-hybridized carbons (Fsp3) is 0.500. The molecule has 0 saturated carbocycles. The molecule has 0 atom stereocenters. The number of rotatable bonds is 9. The summed E-state index contributed by atoms with van der Waals surface area (Å²) in [6, 6.07) is 0. The molecule has 1 aliphatic rings. The van der Waals surface area contributed by atoms with Gasteiger partial charge in [-0.15, -0.1) is 11.3 Å². The van der Waals surface area contributed by atoms with Gasteiger partial charge in [-0.25, -0.2) is 0 Å². The summed E-state index contributed by atoms with van der Waals surface area (Å²) in [6.07, 6.45) is 0.841. The van der Waals surface area contributed by atoms with E-state index in [1.54, 1.807) is 0 Å². The van der Waals surface area contributed by atoms with Crippen molar-refractivity contribution in [2.45, 2.75) is 57.7 Å². The number of unbranched alkanes of at least 4 members (excludes halogenated alkanes) is 1. The molecule has 2 aromatic heterocycles. The zero-order valence-electron chi connectivity index (χ0n) is 16.6. The van der Waals surface area contributed by atoms with E-state index in [-0.39, 0.29) is 25.1 Å². The Bertz CT molecular complexity index is 981. The lowest BCUT2D eigenvalue weighted by atomic mass is 9.92. The number of aromatic nitrogens is 2. The molecule has 0 fully saturated rings. The summed E-state index contributed by atoms with van der Waals surface area (Å²) in [7, 11) is 0. The molecule has 0 saturated heterocycles. The molecule has 0 aliphatic heterocycles. The van der Waals surface area contributed by atoms with Crippen LogP contribution in [0.4, 0.5) is 18.2 Å². The summed E-state index contributed by atoms with van der Waals surface area (Å²) in [6.45, 7) is -0.539. The summed E-state index contributed by atoms with van der Waals surface area (Å²) in [5, 5.41) is 15.3. The van der Waals surface area contributed by atoms with E-state index in [2.05, 4.69) is 10.4 Å². The van der Waals surface area contributed by atoms with Crippen LogP contribution in [0, 0.1) is 0 Å². The number of hydrogen-bond donors (Lipinski definition) is 2. The van der Waals surface area contributed by atoms with Gasteiger partial charge in [0.05, 0.1) is 11.1 Å². The number of fused-ring (bicyclic) bond motifs is 1. The van der Waals surface area contributed by atoms with Crippen LogP contribution in [0.3, 0.4) is 0 Å². The number of nitrogens with zero attached hydrogens (tertiary/aromatic N) is 2. The Morgan fingerprint density at radius 2 is 2.00 bits per heavy atom. The quantitative estimate of drug-likeness (QED) is 0.340. The van der Waals surface area contributed by atoms with Crippen molar-refractivity contribution in [1.82, 2.24) is 9.78 Å². The van der Waals surface area contributed by atoms with Gasteiger partial charge in [0.25, 0.3) is 0 Å². The molecule has 2 N–H and O–H groups in total. The number of ketones is 1. The van der Waals surface area contributed by atoms with Crippen molar-refractivity contribution in [3.05, 3.63) is 33.5 Å². The number of aliphatic hydroxyl groups excluding tert-OH is 1. The normalized spacial score (nSPS) is 13.7. The number of amides is 1. The van der Waals surface area contributed by atoms with E-state index in [9.17, 15) is 27.6 Å². The van der Waals surface area contributed by atoms with E-state index in [4.69, 9.17) is 5.11 Å². The Morgan fingerprint density at radius 1 is 1.26 bits per heavy atom. The maximum absolute atomic E-state index is 12.9. The van der Waals surface area contributed by atoms with E-state index in [0.717, 1.165) is 47.0 Å². The van der Waals surface area contributed by atoms with Crippen LogP contribution in [0.25, 0.3) is 0 Å². The molecule has 0 unspecified atom stereocenters. The van der Waals surface area contributed by atoms with Gasteiger partial charge >= 0.3 is 6.18 Å². The van der Waals surface area contributed by atoms with Gasteiger partial charge in [0.1, 0.15) is 11.5 Å². The third-order valence-corrected chi connectivity index (χ3v) is 6.21. The zero-order valence-corrected chi connectivity index (χ0v) is 17.4. The Hall–Kier alpha value is -2.53. The number of carbonyl (C=O) groups is 3. The van der Waals surface area contributed by atoms with Crippen molar-refractivity contribution in [1.29, 1.82) is 0 Å². The van der Waals surface area contributed by atoms with Gasteiger partial charge in [0, 0.05) is 24.1 Å². The number of aldehydes is 1. The molecule has 0 radical (unpaired) electrons. The first-order valence-corrected chi connectivity index (χ1v) is 10.7. The van der Waals surface area contributed by atoms with Crippen molar-refractivity contribution >= 4 is 34.3 Å². The Labute approximate surface area is 180 Å². The van der Waals surface area contributed by atoms with Crippen LogP contribution in [0.15, 0.2) is 6.20 Å². The topological polar surface area (TPSA) is 101 Å². The molecule has 0 bridgehead atoms. The lowest BCUT2D eigenvalue weighted by Crippen LogP contribution is -2.20. The third kappa shape index (κ3) is 5.40. The predicted molar refractivity (Wildman–Crippen MR) is 107 cm³/mol. The molecule has 0 spiro atoms. The highest BCUT2D eigenvalue weighted by Crippen LogP contribution is 2.39. The molecule has 1 amide bonds. The van der Waals surface area contributed by atoms with Crippen molar-refractivity contribution in [3.63, 3.8) is 0 Å². The number of halogens is 3. The summed E-state index contributed by atoms with van der Waals surface area (Å²) < 4.78 is 39.6. The lowest BCUT2D eigenvalue weighted by molar-refractivity contribution is -0.142. The largest absolute Gasteiger partial charge is 0.435 e. The van der Waals surface area contributed by atoms with Gasteiger partial charge in [-0.2, -0.15) is 18.3 Å². The number of aliphatic hydroxyl groups is 1. The summed E-state index contributed by atoms with van der Waals surface area (Å²) in [5.74, 6) is -0.762. The average molecular weight is 457 g/mol. The predicted octanol–water partition coefficient (Wildman–Crippen LogP) is 3.64. The summed E-state index contributed by atoms with van der Waals surface area (Å²) in [4.78, 5) is 37.2. The number of anilines is 1. The third-order valence-electron chi connectivity index (χ3n) is 5.01. The first kappa shape index (κ1) is 23.1. The first-order valence-electron chi connectivity index (χ1n) is 9.92. The van der Waals surface area contributed by atoms with Crippen LogP contribution in [0.2, 0.25) is 0 Å². The van der Waals surface area contributed by atoms with Crippen molar-refractivity contribution < 1.29 is 32.7 Å². The Kier molecular flexibility index (Phi) is 7.26. The monoisotopic (exact) mass is 457 g/mol. The lowest BCUT2D eigenvalue weighted by Gasteiger charge is -2.12. The van der Waals surface area contributed by atoms with Gasteiger partial charge in [-0.05, 0) is 44.1 Å². The van der Waals surface area contributed by atoms with Gasteiger partial charge in [0.15, 0.2) is 17.8 Å². The second kappa shape index (κ2) is 9.73. The highest BCUT2D eigenvalue weighted by Gasteiger charge is 2.37. The molecule has 7 nitrogen and oxygen atoms in total. The number of aryl methyl sites for hydroxylation is 1. The van der Waals surface area contributed by atoms with Gasteiger partial charge < -0.3 is 10.4 Å². The molecule has 1 aliphatic carbocycles. The number of alkyl halides is 3. The molecule has 3 rings (SSSR count).